The van der Waals surface area contributed by atoms with Crippen LogP contribution in [0.3, 0.4) is 0 Å². The first-order valence-corrected chi connectivity index (χ1v) is 24.2. The van der Waals surface area contributed by atoms with Crippen molar-refractivity contribution >= 4 is 77.2 Å². The molecule has 326 valence electrons. The first-order chi connectivity index (χ1) is 32.8. The van der Waals surface area contributed by atoms with E-state index in [1.165, 1.54) is 121 Å². The second kappa shape index (κ2) is 18.7. The fraction of sp³-hybridized carbons (Fsp3) is 0.134. The van der Waals surface area contributed by atoms with E-state index < -0.39 is 0 Å². The van der Waals surface area contributed by atoms with E-state index in [0.717, 1.165) is 36.8 Å². The van der Waals surface area contributed by atoms with Crippen LogP contribution in [0.1, 0.15) is 79.5 Å². The van der Waals surface area contributed by atoms with Crippen molar-refractivity contribution in [2.24, 2.45) is 0 Å². The Morgan fingerprint density at radius 3 is 1.84 bits per heavy atom. The van der Waals surface area contributed by atoms with Gasteiger partial charge in [0.25, 0.3) is 0 Å². The first kappa shape index (κ1) is 43.4. The van der Waals surface area contributed by atoms with E-state index in [2.05, 4.69) is 241 Å². The van der Waals surface area contributed by atoms with Gasteiger partial charge in [0.05, 0.1) is 0 Å². The molecule has 0 spiro atoms. The Morgan fingerprint density at radius 1 is 0.493 bits per heavy atom. The van der Waals surface area contributed by atoms with Crippen LogP contribution in [0.2, 0.25) is 0 Å². The van der Waals surface area contributed by atoms with Gasteiger partial charge in [-0.15, -0.1) is 0 Å². The lowest BCUT2D eigenvalue weighted by Crippen LogP contribution is -1.96. The minimum Gasteiger partial charge on any atom is -0.0912 e. The van der Waals surface area contributed by atoms with E-state index in [-0.39, 0.29) is 0 Å². The third-order valence-electron chi connectivity index (χ3n) is 14.2. The molecular formula is C67H58. The van der Waals surface area contributed by atoms with E-state index in [1.807, 2.05) is 0 Å². The SMILES string of the molecule is C=C(/C=C\c1ccc(C=CC(=C(C)CC)c2ccc(-c3ccc4ccc5ccc(-c6ccc7ccccc7c6)c(CC)c5c4c3)c3ccccc23)c(C)c1CCC)c1ccc2ccccc2c1. The van der Waals surface area contributed by atoms with Crippen LogP contribution in [0, 0.1) is 6.92 Å². The third kappa shape index (κ3) is 8.34. The van der Waals surface area contributed by atoms with Crippen molar-refractivity contribution in [3.8, 4) is 22.3 Å². The highest BCUT2D eigenvalue weighted by atomic mass is 14.2. The zero-order valence-corrected chi connectivity index (χ0v) is 39.6. The smallest absolute Gasteiger partial charge is 0.00670 e. The number of benzene rings is 10. The standard InChI is InChI=1S/C67H58/c1-7-16-60-46(6)47(25-28-50(60)24-23-45(5)53-32-26-48-17-10-12-19-54(48)41-53)35-37-59(44(4)8-2)65-40-39-62(63-21-14-15-22-64(63)65)57-34-30-51-29-31-52-36-38-61(58(9-3)67(52)66(51)43-57)56-33-27-49-18-11-13-20-55(49)42-56/h10-15,17-43H,5,7-9,16H2,1-4,6H3/b24-23-,37-35?,59-44?. The maximum atomic E-state index is 4.45. The molecule has 0 radical (unpaired) electrons. The van der Waals surface area contributed by atoms with Crippen LogP contribution in [0.15, 0.2) is 200 Å². The highest BCUT2D eigenvalue weighted by molar-refractivity contribution is 6.13. The third-order valence-corrected chi connectivity index (χ3v) is 14.2. The van der Waals surface area contributed by atoms with Crippen LogP contribution < -0.4 is 0 Å². The van der Waals surface area contributed by atoms with Crippen LogP contribution in [0.25, 0.3) is 99.4 Å². The van der Waals surface area contributed by atoms with Crippen molar-refractivity contribution in [1.29, 1.82) is 0 Å². The predicted octanol–water partition coefficient (Wildman–Crippen LogP) is 19.2. The molecule has 0 aliphatic carbocycles. The highest BCUT2D eigenvalue weighted by Gasteiger charge is 2.16. The van der Waals surface area contributed by atoms with Gasteiger partial charge in [-0.3, -0.25) is 0 Å². The number of hydrogen-bond donors (Lipinski definition) is 0. The maximum absolute atomic E-state index is 4.45. The van der Waals surface area contributed by atoms with Gasteiger partial charge in [0.2, 0.25) is 0 Å². The fourth-order valence-corrected chi connectivity index (χ4v) is 10.4. The Balaban J connectivity index is 1.01. The summed E-state index contributed by atoms with van der Waals surface area (Å²) in [6.07, 6.45) is 13.2. The Kier molecular flexibility index (Phi) is 12.1. The van der Waals surface area contributed by atoms with Crippen molar-refractivity contribution in [3.63, 3.8) is 0 Å². The van der Waals surface area contributed by atoms with Gasteiger partial charge in [-0.05, 0) is 178 Å². The lowest BCUT2D eigenvalue weighted by Gasteiger charge is -2.17. The second-order valence-electron chi connectivity index (χ2n) is 18.2. The van der Waals surface area contributed by atoms with Gasteiger partial charge in [-0.25, -0.2) is 0 Å². The molecule has 0 bridgehead atoms. The van der Waals surface area contributed by atoms with Crippen LogP contribution in [-0.2, 0) is 12.8 Å². The molecule has 0 heteroatoms. The van der Waals surface area contributed by atoms with Gasteiger partial charge in [-0.2, -0.15) is 0 Å². The van der Waals surface area contributed by atoms with Crippen molar-refractivity contribution in [1.82, 2.24) is 0 Å². The van der Waals surface area contributed by atoms with Crippen molar-refractivity contribution in [2.45, 2.75) is 60.3 Å². The number of rotatable bonds is 12. The summed E-state index contributed by atoms with van der Waals surface area (Å²) >= 11 is 0. The van der Waals surface area contributed by atoms with Gasteiger partial charge in [0.15, 0.2) is 0 Å². The lowest BCUT2D eigenvalue weighted by molar-refractivity contribution is 0.909. The number of allylic oxidation sites excluding steroid dienone is 5. The molecule has 0 saturated carbocycles. The molecule has 10 rings (SSSR count). The molecule has 0 nitrogen and oxygen atoms in total. The van der Waals surface area contributed by atoms with Gasteiger partial charge in [0, 0.05) is 0 Å². The second-order valence-corrected chi connectivity index (χ2v) is 18.2. The van der Waals surface area contributed by atoms with E-state index in [1.54, 1.807) is 0 Å². The maximum Gasteiger partial charge on any atom is -0.00670 e. The molecule has 0 amide bonds. The van der Waals surface area contributed by atoms with Crippen LogP contribution in [0.5, 0.6) is 0 Å². The normalized spacial score (nSPS) is 12.4. The van der Waals surface area contributed by atoms with Crippen molar-refractivity contribution in [3.05, 3.63) is 239 Å². The molecule has 0 aliphatic heterocycles. The molecule has 10 aromatic rings. The van der Waals surface area contributed by atoms with Crippen molar-refractivity contribution in [2.75, 3.05) is 0 Å². The summed E-state index contributed by atoms with van der Waals surface area (Å²) in [5.41, 5.74) is 17.8. The average molecular weight is 863 g/mol. The van der Waals surface area contributed by atoms with Crippen LogP contribution >= 0.6 is 0 Å². The van der Waals surface area contributed by atoms with Crippen molar-refractivity contribution < 1.29 is 0 Å². The zero-order chi connectivity index (χ0) is 46.0. The average Bonchev–Trinajstić information content (AvgIpc) is 3.38. The van der Waals surface area contributed by atoms with Gasteiger partial charge in [0.1, 0.15) is 0 Å². The fourth-order valence-electron chi connectivity index (χ4n) is 10.4. The summed E-state index contributed by atoms with van der Waals surface area (Å²) in [5, 5.41) is 12.8. The molecule has 0 unspecified atom stereocenters. The van der Waals surface area contributed by atoms with E-state index >= 15 is 0 Å². The van der Waals surface area contributed by atoms with E-state index in [4.69, 9.17) is 0 Å². The molecule has 0 N–H and O–H groups in total. The Labute approximate surface area is 397 Å². The van der Waals surface area contributed by atoms with Gasteiger partial charge < -0.3 is 0 Å². The Hall–Kier alpha value is -7.54. The molecule has 0 atom stereocenters. The Morgan fingerprint density at radius 2 is 1.09 bits per heavy atom. The molecule has 67 heavy (non-hydrogen) atoms. The van der Waals surface area contributed by atoms with Crippen LogP contribution in [-0.4, -0.2) is 0 Å². The first-order valence-electron chi connectivity index (χ1n) is 24.2. The molecule has 0 heterocycles. The van der Waals surface area contributed by atoms with E-state index in [9.17, 15) is 0 Å². The summed E-state index contributed by atoms with van der Waals surface area (Å²) < 4.78 is 0. The summed E-state index contributed by atoms with van der Waals surface area (Å²) in [6.45, 7) is 15.9. The number of fused-ring (bicyclic) bond motifs is 6. The quantitative estimate of drug-likeness (QED) is 0.0848. The lowest BCUT2D eigenvalue weighted by atomic mass is 9.87. The monoisotopic (exact) mass is 862 g/mol. The minimum absolute atomic E-state index is 0.948. The summed E-state index contributed by atoms with van der Waals surface area (Å²) in [4.78, 5) is 0. The number of hydrogen-bond acceptors (Lipinski definition) is 0. The van der Waals surface area contributed by atoms with Crippen LogP contribution in [0.4, 0.5) is 0 Å². The minimum atomic E-state index is 0.948. The van der Waals surface area contributed by atoms with E-state index in [0.29, 0.717) is 0 Å². The number of aryl methyl sites for hydroxylation is 1. The molecular weight excluding hydrogens is 805 g/mol. The van der Waals surface area contributed by atoms with Gasteiger partial charge >= 0.3 is 0 Å². The topological polar surface area (TPSA) is 0 Å². The largest absolute Gasteiger partial charge is 0.0912 e. The molecule has 0 aromatic heterocycles. The molecule has 0 aliphatic rings. The molecule has 10 aromatic carbocycles. The molecule has 0 saturated heterocycles. The summed E-state index contributed by atoms with van der Waals surface area (Å²) in [7, 11) is 0. The van der Waals surface area contributed by atoms with Gasteiger partial charge in [-0.1, -0.05) is 221 Å². The summed E-state index contributed by atoms with van der Waals surface area (Å²) in [5.74, 6) is 0. The summed E-state index contributed by atoms with van der Waals surface area (Å²) in [6, 6.07) is 65.3. The Bertz CT molecular complexity index is 3640. The highest BCUT2D eigenvalue weighted by Crippen LogP contribution is 2.41. The predicted molar refractivity (Wildman–Crippen MR) is 296 cm³/mol. The zero-order valence-electron chi connectivity index (χ0n) is 39.6. The molecule has 0 fully saturated rings.